The summed E-state index contributed by atoms with van der Waals surface area (Å²) in [5, 5.41) is 3.47. The Balaban J connectivity index is 3.27. The van der Waals surface area contributed by atoms with Gasteiger partial charge in [-0.15, -0.1) is 0 Å². The number of rotatable bonds is 6. The molecule has 1 nitrogen and oxygen atoms in total. The van der Waals surface area contributed by atoms with E-state index in [0.29, 0.717) is 6.04 Å². The first-order valence-electron chi connectivity index (χ1n) is 5.25. The Kier molecular flexibility index (Phi) is 6.45. The fourth-order valence-corrected chi connectivity index (χ4v) is 1.16. The lowest BCUT2D eigenvalue weighted by atomic mass is 9.99. The van der Waals surface area contributed by atoms with Crippen LogP contribution in [0.15, 0.2) is 0 Å². The molecule has 74 valence electrons. The molecule has 12 heavy (non-hydrogen) atoms. The summed E-state index contributed by atoms with van der Waals surface area (Å²) in [4.78, 5) is 0. The second-order valence-electron chi connectivity index (χ2n) is 4.64. The summed E-state index contributed by atoms with van der Waals surface area (Å²) in [6.07, 6.45) is 2.72. The number of hydrogen-bond donors (Lipinski definition) is 1. The van der Waals surface area contributed by atoms with Crippen LogP contribution in [-0.2, 0) is 0 Å². The van der Waals surface area contributed by atoms with Crippen molar-refractivity contribution >= 4 is 0 Å². The second-order valence-corrected chi connectivity index (χ2v) is 4.64. The number of hydrogen-bond acceptors (Lipinski definition) is 1. The van der Waals surface area contributed by atoms with E-state index in [0.717, 1.165) is 11.8 Å². The van der Waals surface area contributed by atoms with Crippen molar-refractivity contribution in [3.05, 3.63) is 0 Å². The molecule has 0 spiro atoms. The number of nitrogens with one attached hydrogen (secondary N) is 1. The Morgan fingerprint density at radius 2 is 1.50 bits per heavy atom. The monoisotopic (exact) mass is 171 g/mol. The Hall–Kier alpha value is -0.0400. The Morgan fingerprint density at radius 1 is 0.917 bits per heavy atom. The lowest BCUT2D eigenvalue weighted by Gasteiger charge is -2.15. The summed E-state index contributed by atoms with van der Waals surface area (Å²) in [5.74, 6) is 1.68. The van der Waals surface area contributed by atoms with Gasteiger partial charge in [0.05, 0.1) is 0 Å². The predicted octanol–water partition coefficient (Wildman–Crippen LogP) is 3.06. The second kappa shape index (κ2) is 6.47. The van der Waals surface area contributed by atoms with Crippen LogP contribution in [0.4, 0.5) is 0 Å². The van der Waals surface area contributed by atoms with E-state index in [1.54, 1.807) is 0 Å². The predicted molar refractivity (Wildman–Crippen MR) is 56.4 cm³/mol. The highest BCUT2D eigenvalue weighted by Gasteiger charge is 2.03. The standard InChI is InChI=1S/C11H25N/c1-9(2)6-7-11(5)8-12-10(3)4/h9-12H,6-8H2,1-5H3/t11-/m0/s1. The van der Waals surface area contributed by atoms with Gasteiger partial charge in [0.25, 0.3) is 0 Å². The van der Waals surface area contributed by atoms with Gasteiger partial charge in [0.15, 0.2) is 0 Å². The molecule has 0 aromatic heterocycles. The smallest absolute Gasteiger partial charge is 0.00104 e. The molecular formula is C11H25N. The van der Waals surface area contributed by atoms with E-state index in [2.05, 4.69) is 39.9 Å². The van der Waals surface area contributed by atoms with Gasteiger partial charge in [0.1, 0.15) is 0 Å². The lowest BCUT2D eigenvalue weighted by Crippen LogP contribution is -2.27. The van der Waals surface area contributed by atoms with Crippen LogP contribution in [0, 0.1) is 11.8 Å². The van der Waals surface area contributed by atoms with Gasteiger partial charge >= 0.3 is 0 Å². The van der Waals surface area contributed by atoms with Crippen molar-refractivity contribution in [1.82, 2.24) is 5.32 Å². The fraction of sp³-hybridized carbons (Fsp3) is 1.00. The molecule has 0 fully saturated rings. The normalized spacial score (nSPS) is 14.2. The molecule has 0 bridgehead atoms. The summed E-state index contributed by atoms with van der Waals surface area (Å²) in [7, 11) is 0. The van der Waals surface area contributed by atoms with Crippen LogP contribution in [0.5, 0.6) is 0 Å². The van der Waals surface area contributed by atoms with Crippen molar-refractivity contribution < 1.29 is 0 Å². The van der Waals surface area contributed by atoms with Gasteiger partial charge in [-0.3, -0.25) is 0 Å². The molecule has 0 rings (SSSR count). The molecule has 0 aliphatic rings. The summed E-state index contributed by atoms with van der Waals surface area (Å²) in [6, 6.07) is 0.631. The van der Waals surface area contributed by atoms with Gasteiger partial charge in [0, 0.05) is 6.04 Å². The first-order valence-corrected chi connectivity index (χ1v) is 5.25. The highest BCUT2D eigenvalue weighted by atomic mass is 14.9. The summed E-state index contributed by atoms with van der Waals surface area (Å²) < 4.78 is 0. The maximum absolute atomic E-state index is 3.47. The third kappa shape index (κ3) is 8.06. The summed E-state index contributed by atoms with van der Waals surface area (Å²) >= 11 is 0. The highest BCUT2D eigenvalue weighted by molar-refractivity contribution is 4.60. The zero-order chi connectivity index (χ0) is 9.56. The lowest BCUT2D eigenvalue weighted by molar-refractivity contribution is 0.412. The van der Waals surface area contributed by atoms with Crippen molar-refractivity contribution in [2.45, 2.75) is 53.5 Å². The van der Waals surface area contributed by atoms with Crippen LogP contribution in [0.25, 0.3) is 0 Å². The van der Waals surface area contributed by atoms with Crippen LogP contribution in [0.1, 0.15) is 47.5 Å². The maximum Gasteiger partial charge on any atom is 0.00104 e. The molecular weight excluding hydrogens is 146 g/mol. The molecule has 0 aliphatic heterocycles. The molecule has 0 saturated carbocycles. The van der Waals surface area contributed by atoms with Crippen LogP contribution in [0.2, 0.25) is 0 Å². The topological polar surface area (TPSA) is 12.0 Å². The Labute approximate surface area is 77.9 Å². The average molecular weight is 171 g/mol. The minimum Gasteiger partial charge on any atom is -0.314 e. The highest BCUT2D eigenvalue weighted by Crippen LogP contribution is 2.10. The first-order chi connectivity index (χ1) is 5.52. The molecule has 0 aromatic carbocycles. The SMILES string of the molecule is CC(C)CC[C@H](C)CNC(C)C. The molecule has 0 heterocycles. The van der Waals surface area contributed by atoms with Gasteiger partial charge in [-0.25, -0.2) is 0 Å². The van der Waals surface area contributed by atoms with E-state index in [1.165, 1.54) is 19.4 Å². The third-order valence-corrected chi connectivity index (χ3v) is 2.11. The molecule has 0 radical (unpaired) electrons. The molecule has 1 atom stereocenters. The van der Waals surface area contributed by atoms with Crippen molar-refractivity contribution in [3.8, 4) is 0 Å². The van der Waals surface area contributed by atoms with Crippen LogP contribution < -0.4 is 5.32 Å². The van der Waals surface area contributed by atoms with Gasteiger partial charge in [-0.05, 0) is 24.8 Å². The molecule has 1 heteroatoms. The summed E-state index contributed by atoms with van der Waals surface area (Å²) in [6.45, 7) is 12.5. The van der Waals surface area contributed by atoms with Gasteiger partial charge in [0.2, 0.25) is 0 Å². The first kappa shape index (κ1) is 12.0. The minimum absolute atomic E-state index is 0.631. The van der Waals surface area contributed by atoms with Crippen molar-refractivity contribution in [2.75, 3.05) is 6.54 Å². The average Bonchev–Trinajstić information content (AvgIpc) is 1.96. The van der Waals surface area contributed by atoms with Crippen molar-refractivity contribution in [2.24, 2.45) is 11.8 Å². The largest absolute Gasteiger partial charge is 0.314 e. The minimum atomic E-state index is 0.631. The molecule has 0 aliphatic carbocycles. The molecule has 0 saturated heterocycles. The third-order valence-electron chi connectivity index (χ3n) is 2.11. The Bertz CT molecular complexity index is 85.2. The van der Waals surface area contributed by atoms with Gasteiger partial charge in [-0.1, -0.05) is 41.0 Å². The molecule has 1 N–H and O–H groups in total. The molecule has 0 amide bonds. The zero-order valence-corrected chi connectivity index (χ0v) is 9.35. The van der Waals surface area contributed by atoms with Gasteiger partial charge in [-0.2, -0.15) is 0 Å². The fourth-order valence-electron chi connectivity index (χ4n) is 1.16. The van der Waals surface area contributed by atoms with Crippen LogP contribution in [0.3, 0.4) is 0 Å². The van der Waals surface area contributed by atoms with Crippen LogP contribution in [-0.4, -0.2) is 12.6 Å². The Morgan fingerprint density at radius 3 is 1.92 bits per heavy atom. The van der Waals surface area contributed by atoms with E-state index >= 15 is 0 Å². The molecule has 0 aromatic rings. The maximum atomic E-state index is 3.47. The summed E-state index contributed by atoms with van der Waals surface area (Å²) in [5.41, 5.74) is 0. The quantitative estimate of drug-likeness (QED) is 0.647. The zero-order valence-electron chi connectivity index (χ0n) is 9.35. The van der Waals surface area contributed by atoms with Crippen molar-refractivity contribution in [3.63, 3.8) is 0 Å². The molecule has 0 unspecified atom stereocenters. The van der Waals surface area contributed by atoms with E-state index in [1.807, 2.05) is 0 Å². The van der Waals surface area contributed by atoms with E-state index in [4.69, 9.17) is 0 Å². The van der Waals surface area contributed by atoms with E-state index in [9.17, 15) is 0 Å². The van der Waals surface area contributed by atoms with E-state index in [-0.39, 0.29) is 0 Å². The van der Waals surface area contributed by atoms with Crippen molar-refractivity contribution in [1.29, 1.82) is 0 Å². The van der Waals surface area contributed by atoms with E-state index < -0.39 is 0 Å². The van der Waals surface area contributed by atoms with Crippen LogP contribution >= 0.6 is 0 Å². The van der Waals surface area contributed by atoms with Gasteiger partial charge < -0.3 is 5.32 Å².